The van der Waals surface area contributed by atoms with Crippen LogP contribution in [0, 0.1) is 0 Å². The molecule has 2 aromatic rings. The Kier molecular flexibility index (Phi) is 7.50. The van der Waals surface area contributed by atoms with Gasteiger partial charge in [-0.2, -0.15) is 0 Å². The van der Waals surface area contributed by atoms with Gasteiger partial charge in [0.05, 0.1) is 26.4 Å². The Morgan fingerprint density at radius 3 is 1.04 bits per heavy atom. The van der Waals surface area contributed by atoms with Crippen LogP contribution in [0.25, 0.3) is 0 Å². The summed E-state index contributed by atoms with van der Waals surface area (Å²) in [5, 5.41) is 0. The summed E-state index contributed by atoms with van der Waals surface area (Å²) in [7, 11) is -0.308. The Morgan fingerprint density at radius 2 is 0.821 bits per heavy atom. The second kappa shape index (κ2) is 9.26. The molecule has 0 saturated carbocycles. The highest BCUT2D eigenvalue weighted by molar-refractivity contribution is 6.70. The van der Waals surface area contributed by atoms with Crippen LogP contribution in [0.2, 0.25) is 39.3 Å². The summed E-state index contributed by atoms with van der Waals surface area (Å²) >= 11 is 0. The van der Waals surface area contributed by atoms with E-state index >= 15 is 0 Å². The van der Waals surface area contributed by atoms with Crippen LogP contribution >= 0.6 is 0 Å². The van der Waals surface area contributed by atoms with Crippen molar-refractivity contribution < 1.29 is 18.3 Å². The van der Waals surface area contributed by atoms with Gasteiger partial charge in [0.1, 0.15) is 11.5 Å². The second-order valence-electron chi connectivity index (χ2n) is 8.85. The van der Waals surface area contributed by atoms with Crippen molar-refractivity contribution >= 4 is 16.6 Å². The van der Waals surface area contributed by atoms with Gasteiger partial charge in [-0.1, -0.05) is 24.3 Å². The largest absolute Gasteiger partial charge is 0.497 e. The van der Waals surface area contributed by atoms with E-state index in [1.54, 1.807) is 14.2 Å². The summed E-state index contributed by atoms with van der Waals surface area (Å²) in [6.45, 7) is 13.3. The van der Waals surface area contributed by atoms with Gasteiger partial charge in [-0.05, 0) is 74.7 Å². The normalized spacial score (nSPS) is 14.4. The summed E-state index contributed by atoms with van der Waals surface area (Å²) in [5.41, 5.74) is 2.20. The van der Waals surface area contributed by atoms with Gasteiger partial charge in [0, 0.05) is 0 Å². The molecule has 0 aliphatic heterocycles. The standard InChI is InChI=1S/C22H34O4Si2/c1-23-19-13-9-17(10-14-19)21(25-27(3,4)5)22(26-28(6,7)8)18-11-15-20(24-2)16-12-18/h9-16,21-22H,1-8H3. The van der Waals surface area contributed by atoms with Crippen LogP contribution in [0.1, 0.15) is 23.3 Å². The minimum absolute atomic E-state index is 0.183. The van der Waals surface area contributed by atoms with Crippen LogP contribution < -0.4 is 9.47 Å². The third-order valence-corrected chi connectivity index (χ3v) is 6.05. The summed E-state index contributed by atoms with van der Waals surface area (Å²) in [6.07, 6.45) is -0.365. The first kappa shape index (κ1) is 22.7. The molecule has 2 aromatic carbocycles. The molecule has 0 heterocycles. The minimum Gasteiger partial charge on any atom is -0.497 e. The van der Waals surface area contributed by atoms with Crippen LogP contribution in [0.4, 0.5) is 0 Å². The van der Waals surface area contributed by atoms with Crippen molar-refractivity contribution in [1.29, 1.82) is 0 Å². The van der Waals surface area contributed by atoms with E-state index in [0.717, 1.165) is 22.6 Å². The number of rotatable bonds is 9. The number of hydrogen-bond donors (Lipinski definition) is 0. The van der Waals surface area contributed by atoms with Crippen LogP contribution in [0.5, 0.6) is 11.5 Å². The van der Waals surface area contributed by atoms with Crippen LogP contribution in [-0.4, -0.2) is 30.9 Å². The molecule has 0 fully saturated rings. The maximum absolute atomic E-state index is 6.68. The lowest BCUT2D eigenvalue weighted by Crippen LogP contribution is -2.36. The van der Waals surface area contributed by atoms with E-state index < -0.39 is 16.6 Å². The van der Waals surface area contributed by atoms with Gasteiger partial charge in [0.25, 0.3) is 0 Å². The number of hydrogen-bond acceptors (Lipinski definition) is 4. The topological polar surface area (TPSA) is 36.9 Å². The highest BCUT2D eigenvalue weighted by atomic mass is 28.4. The number of benzene rings is 2. The molecule has 2 atom stereocenters. The molecule has 154 valence electrons. The van der Waals surface area contributed by atoms with Gasteiger partial charge in [-0.15, -0.1) is 0 Å². The van der Waals surface area contributed by atoms with E-state index in [2.05, 4.69) is 63.5 Å². The molecule has 2 rings (SSSR count). The third-order valence-electron chi connectivity index (χ3n) is 4.12. The zero-order valence-corrected chi connectivity index (χ0v) is 20.4. The lowest BCUT2D eigenvalue weighted by Gasteiger charge is -2.37. The average molecular weight is 419 g/mol. The molecular formula is C22H34O4Si2. The van der Waals surface area contributed by atoms with E-state index in [9.17, 15) is 0 Å². The molecule has 0 aliphatic rings. The lowest BCUT2D eigenvalue weighted by molar-refractivity contribution is 0.0420. The van der Waals surface area contributed by atoms with Crippen LogP contribution in [-0.2, 0) is 8.85 Å². The maximum Gasteiger partial charge on any atom is 0.184 e. The second-order valence-corrected chi connectivity index (χ2v) is 17.8. The first-order valence-electron chi connectivity index (χ1n) is 9.66. The zero-order valence-electron chi connectivity index (χ0n) is 18.4. The minimum atomic E-state index is -1.83. The Bertz CT molecular complexity index is 666. The molecule has 0 aromatic heterocycles. The Morgan fingerprint density at radius 1 is 0.536 bits per heavy atom. The monoisotopic (exact) mass is 418 g/mol. The number of methoxy groups -OCH3 is 2. The van der Waals surface area contributed by atoms with E-state index in [0.29, 0.717) is 0 Å². The van der Waals surface area contributed by atoms with Gasteiger partial charge in [0.2, 0.25) is 0 Å². The smallest absolute Gasteiger partial charge is 0.184 e. The SMILES string of the molecule is COc1ccc(C(O[Si](C)(C)C)C(O[Si](C)(C)C)c2ccc(OC)cc2)cc1. The molecule has 0 saturated heterocycles. The number of ether oxygens (including phenoxy) is 2. The molecule has 2 unspecified atom stereocenters. The summed E-state index contributed by atoms with van der Waals surface area (Å²) < 4.78 is 24.0. The fraction of sp³-hybridized carbons (Fsp3) is 0.455. The van der Waals surface area contributed by atoms with Crippen molar-refractivity contribution in [2.24, 2.45) is 0 Å². The van der Waals surface area contributed by atoms with Gasteiger partial charge >= 0.3 is 0 Å². The van der Waals surface area contributed by atoms with E-state index in [1.165, 1.54) is 0 Å². The van der Waals surface area contributed by atoms with Crippen LogP contribution in [0.3, 0.4) is 0 Å². The Balaban J connectivity index is 2.51. The van der Waals surface area contributed by atoms with Crippen LogP contribution in [0.15, 0.2) is 48.5 Å². The van der Waals surface area contributed by atoms with Gasteiger partial charge in [-0.3, -0.25) is 0 Å². The van der Waals surface area contributed by atoms with Gasteiger partial charge in [0.15, 0.2) is 16.6 Å². The third kappa shape index (κ3) is 6.77. The summed E-state index contributed by atoms with van der Waals surface area (Å²) in [5.74, 6) is 1.67. The molecular weight excluding hydrogens is 384 g/mol. The molecule has 0 aliphatic carbocycles. The van der Waals surface area contributed by atoms with Crippen molar-refractivity contribution in [3.63, 3.8) is 0 Å². The molecule has 6 heteroatoms. The Labute approximate surface area is 172 Å². The molecule has 0 radical (unpaired) electrons. The van der Waals surface area contributed by atoms with Crippen molar-refractivity contribution in [2.45, 2.75) is 51.5 Å². The van der Waals surface area contributed by atoms with E-state index in [1.807, 2.05) is 24.3 Å². The van der Waals surface area contributed by atoms with Crippen molar-refractivity contribution in [1.82, 2.24) is 0 Å². The average Bonchev–Trinajstić information content (AvgIpc) is 2.63. The first-order valence-corrected chi connectivity index (χ1v) is 16.5. The molecule has 4 nitrogen and oxygen atoms in total. The van der Waals surface area contributed by atoms with Crippen molar-refractivity contribution in [3.8, 4) is 11.5 Å². The summed E-state index contributed by atoms with van der Waals surface area (Å²) in [6, 6.07) is 16.2. The molecule has 0 N–H and O–H groups in total. The quantitative estimate of drug-likeness (QED) is 0.455. The lowest BCUT2D eigenvalue weighted by atomic mass is 9.98. The molecule has 0 amide bonds. The fourth-order valence-electron chi connectivity index (χ4n) is 2.96. The van der Waals surface area contributed by atoms with E-state index in [-0.39, 0.29) is 12.2 Å². The first-order chi connectivity index (χ1) is 13.0. The summed E-state index contributed by atoms with van der Waals surface area (Å²) in [4.78, 5) is 0. The fourth-order valence-corrected chi connectivity index (χ4v) is 5.00. The molecule has 0 spiro atoms. The Hall–Kier alpha value is -1.61. The molecule has 0 bridgehead atoms. The zero-order chi connectivity index (χ0) is 20.9. The van der Waals surface area contributed by atoms with Gasteiger partial charge < -0.3 is 18.3 Å². The highest BCUT2D eigenvalue weighted by Crippen LogP contribution is 2.40. The van der Waals surface area contributed by atoms with E-state index in [4.69, 9.17) is 18.3 Å². The van der Waals surface area contributed by atoms with Crippen molar-refractivity contribution in [3.05, 3.63) is 59.7 Å². The van der Waals surface area contributed by atoms with Gasteiger partial charge in [-0.25, -0.2) is 0 Å². The van der Waals surface area contributed by atoms with Crippen molar-refractivity contribution in [2.75, 3.05) is 14.2 Å². The highest BCUT2D eigenvalue weighted by Gasteiger charge is 2.34. The predicted molar refractivity (Wildman–Crippen MR) is 120 cm³/mol. The molecule has 28 heavy (non-hydrogen) atoms. The maximum atomic E-state index is 6.68. The predicted octanol–water partition coefficient (Wildman–Crippen LogP) is 6.19.